The Bertz CT molecular complexity index is 579. The van der Waals surface area contributed by atoms with Crippen LogP contribution in [-0.4, -0.2) is 34.7 Å². The quantitative estimate of drug-likeness (QED) is 0.774. The Morgan fingerprint density at radius 2 is 2.30 bits per heavy atom. The molecule has 0 saturated heterocycles. The van der Waals surface area contributed by atoms with Gasteiger partial charge in [0.2, 0.25) is 5.91 Å². The third-order valence-electron chi connectivity index (χ3n) is 2.68. The van der Waals surface area contributed by atoms with Crippen LogP contribution in [0.1, 0.15) is 11.4 Å². The summed E-state index contributed by atoms with van der Waals surface area (Å²) >= 11 is 0. The molecular formula is C14H16N4O2. The number of benzene rings is 1. The van der Waals surface area contributed by atoms with Crippen molar-refractivity contribution in [3.63, 3.8) is 0 Å². The van der Waals surface area contributed by atoms with Crippen molar-refractivity contribution in [2.45, 2.75) is 6.42 Å². The molecule has 0 saturated carbocycles. The second-order valence-electron chi connectivity index (χ2n) is 4.05. The molecule has 6 nitrogen and oxygen atoms in total. The molecule has 6 heteroatoms. The number of methoxy groups -OCH3 is 1. The second kappa shape index (κ2) is 7.08. The molecule has 0 aliphatic rings. The Morgan fingerprint density at radius 1 is 1.45 bits per heavy atom. The van der Waals surface area contributed by atoms with E-state index in [0.29, 0.717) is 13.0 Å². The van der Waals surface area contributed by atoms with Crippen molar-refractivity contribution in [3.8, 4) is 5.75 Å². The van der Waals surface area contributed by atoms with Gasteiger partial charge >= 0.3 is 0 Å². The van der Waals surface area contributed by atoms with E-state index in [-0.39, 0.29) is 5.91 Å². The van der Waals surface area contributed by atoms with Gasteiger partial charge in [-0.15, -0.1) is 0 Å². The van der Waals surface area contributed by atoms with Gasteiger partial charge in [-0.3, -0.25) is 9.89 Å². The Morgan fingerprint density at radius 3 is 3.05 bits per heavy atom. The molecule has 1 aromatic carbocycles. The van der Waals surface area contributed by atoms with Gasteiger partial charge in [0.25, 0.3) is 0 Å². The molecule has 0 fully saturated rings. The van der Waals surface area contributed by atoms with Crippen molar-refractivity contribution in [3.05, 3.63) is 48.1 Å². The number of carbonyl (C=O) groups is 1. The number of hydrogen-bond donors (Lipinski definition) is 2. The maximum Gasteiger partial charge on any atom is 0.244 e. The number of ether oxygens (including phenoxy) is 1. The lowest BCUT2D eigenvalue weighted by Gasteiger charge is -2.03. The van der Waals surface area contributed by atoms with Crippen LogP contribution >= 0.6 is 0 Å². The van der Waals surface area contributed by atoms with Gasteiger partial charge < -0.3 is 10.1 Å². The second-order valence-corrected chi connectivity index (χ2v) is 4.05. The maximum atomic E-state index is 11.7. The minimum atomic E-state index is -0.157. The van der Waals surface area contributed by atoms with Gasteiger partial charge in [0, 0.05) is 24.6 Å². The van der Waals surface area contributed by atoms with Crippen molar-refractivity contribution in [2.75, 3.05) is 13.7 Å². The highest BCUT2D eigenvalue weighted by molar-refractivity contribution is 5.92. The SMILES string of the molecule is COc1ccccc1C=CC(=O)NCCc1ncn[nH]1. The summed E-state index contributed by atoms with van der Waals surface area (Å²) in [6, 6.07) is 7.51. The van der Waals surface area contributed by atoms with Crippen LogP contribution in [0.15, 0.2) is 36.7 Å². The van der Waals surface area contributed by atoms with Crippen LogP contribution in [0.5, 0.6) is 5.75 Å². The number of rotatable bonds is 6. The molecule has 104 valence electrons. The highest BCUT2D eigenvalue weighted by Crippen LogP contribution is 2.18. The van der Waals surface area contributed by atoms with Crippen LogP contribution in [-0.2, 0) is 11.2 Å². The van der Waals surface area contributed by atoms with E-state index >= 15 is 0 Å². The first-order valence-electron chi connectivity index (χ1n) is 6.23. The first-order chi connectivity index (χ1) is 9.79. The molecule has 1 amide bonds. The van der Waals surface area contributed by atoms with Gasteiger partial charge in [0.15, 0.2) is 0 Å². The average molecular weight is 272 g/mol. The van der Waals surface area contributed by atoms with Gasteiger partial charge in [0.1, 0.15) is 17.9 Å². The zero-order valence-corrected chi connectivity index (χ0v) is 11.2. The summed E-state index contributed by atoms with van der Waals surface area (Å²) in [7, 11) is 1.60. The van der Waals surface area contributed by atoms with Gasteiger partial charge in [-0.2, -0.15) is 5.10 Å². The van der Waals surface area contributed by atoms with E-state index in [1.54, 1.807) is 13.2 Å². The summed E-state index contributed by atoms with van der Waals surface area (Å²) in [4.78, 5) is 15.6. The molecule has 20 heavy (non-hydrogen) atoms. The van der Waals surface area contributed by atoms with Crippen LogP contribution in [0.3, 0.4) is 0 Å². The van der Waals surface area contributed by atoms with Crippen LogP contribution < -0.4 is 10.1 Å². The lowest BCUT2D eigenvalue weighted by Crippen LogP contribution is -2.23. The molecule has 2 N–H and O–H groups in total. The summed E-state index contributed by atoms with van der Waals surface area (Å²) in [5.74, 6) is 1.33. The van der Waals surface area contributed by atoms with E-state index in [1.807, 2.05) is 24.3 Å². The molecular weight excluding hydrogens is 256 g/mol. The molecule has 1 heterocycles. The number of para-hydroxylation sites is 1. The third kappa shape index (κ3) is 3.94. The van der Waals surface area contributed by atoms with Gasteiger partial charge in [-0.05, 0) is 12.1 Å². The summed E-state index contributed by atoms with van der Waals surface area (Å²) < 4.78 is 5.21. The zero-order valence-electron chi connectivity index (χ0n) is 11.2. The molecule has 2 rings (SSSR count). The zero-order chi connectivity index (χ0) is 14.2. The number of H-pyrrole nitrogens is 1. The highest BCUT2D eigenvalue weighted by atomic mass is 16.5. The Hall–Kier alpha value is -2.63. The molecule has 0 aliphatic heterocycles. The van der Waals surface area contributed by atoms with Crippen molar-refractivity contribution < 1.29 is 9.53 Å². The fourth-order valence-electron chi connectivity index (χ4n) is 1.68. The Kier molecular flexibility index (Phi) is 4.88. The number of hydrogen-bond acceptors (Lipinski definition) is 4. The van der Waals surface area contributed by atoms with Crippen molar-refractivity contribution in [1.82, 2.24) is 20.5 Å². The topological polar surface area (TPSA) is 79.9 Å². The number of nitrogens with zero attached hydrogens (tertiary/aromatic N) is 2. The minimum absolute atomic E-state index is 0.157. The summed E-state index contributed by atoms with van der Waals surface area (Å²) in [6.45, 7) is 0.504. The average Bonchev–Trinajstić information content (AvgIpc) is 2.98. The smallest absolute Gasteiger partial charge is 0.244 e. The predicted octanol–water partition coefficient (Wildman–Crippen LogP) is 1.19. The highest BCUT2D eigenvalue weighted by Gasteiger charge is 2.00. The largest absolute Gasteiger partial charge is 0.496 e. The van der Waals surface area contributed by atoms with E-state index in [4.69, 9.17) is 4.74 Å². The van der Waals surface area contributed by atoms with E-state index in [9.17, 15) is 4.79 Å². The number of aromatic nitrogens is 3. The van der Waals surface area contributed by atoms with Crippen molar-refractivity contribution in [2.24, 2.45) is 0 Å². The molecule has 0 spiro atoms. The Balaban J connectivity index is 1.83. The standard InChI is InChI=1S/C14H16N4O2/c1-20-12-5-3-2-4-11(12)6-7-14(19)15-9-8-13-16-10-17-18-13/h2-7,10H,8-9H2,1H3,(H,15,19)(H,16,17,18). The summed E-state index contributed by atoms with van der Waals surface area (Å²) in [5, 5.41) is 9.25. The van der Waals surface area contributed by atoms with Gasteiger partial charge in [-0.1, -0.05) is 18.2 Å². The number of nitrogens with one attached hydrogen (secondary N) is 2. The van der Waals surface area contributed by atoms with E-state index in [1.165, 1.54) is 12.4 Å². The lowest BCUT2D eigenvalue weighted by atomic mass is 10.2. The van der Waals surface area contributed by atoms with E-state index in [0.717, 1.165) is 17.1 Å². The third-order valence-corrected chi connectivity index (χ3v) is 2.68. The number of carbonyl (C=O) groups excluding carboxylic acids is 1. The fraction of sp³-hybridized carbons (Fsp3) is 0.214. The molecule has 0 atom stereocenters. The summed E-state index contributed by atoms with van der Waals surface area (Å²) in [6.07, 6.45) is 5.27. The normalized spacial score (nSPS) is 10.7. The van der Waals surface area contributed by atoms with Crippen molar-refractivity contribution in [1.29, 1.82) is 0 Å². The number of amides is 1. The monoisotopic (exact) mass is 272 g/mol. The molecule has 2 aromatic rings. The van der Waals surface area contributed by atoms with E-state index < -0.39 is 0 Å². The van der Waals surface area contributed by atoms with Crippen LogP contribution in [0.4, 0.5) is 0 Å². The van der Waals surface area contributed by atoms with E-state index in [2.05, 4.69) is 20.5 Å². The minimum Gasteiger partial charge on any atom is -0.496 e. The molecule has 0 unspecified atom stereocenters. The number of aromatic amines is 1. The van der Waals surface area contributed by atoms with Crippen LogP contribution in [0.25, 0.3) is 6.08 Å². The molecule has 0 bridgehead atoms. The van der Waals surface area contributed by atoms with Crippen LogP contribution in [0.2, 0.25) is 0 Å². The predicted molar refractivity (Wildman–Crippen MR) is 75.1 cm³/mol. The Labute approximate surface area is 116 Å². The molecule has 1 aromatic heterocycles. The fourth-order valence-corrected chi connectivity index (χ4v) is 1.68. The first-order valence-corrected chi connectivity index (χ1v) is 6.23. The first kappa shape index (κ1) is 13.8. The van der Waals surface area contributed by atoms with Gasteiger partial charge in [-0.25, -0.2) is 4.98 Å². The lowest BCUT2D eigenvalue weighted by molar-refractivity contribution is -0.116. The molecule has 0 radical (unpaired) electrons. The van der Waals surface area contributed by atoms with Crippen molar-refractivity contribution >= 4 is 12.0 Å². The van der Waals surface area contributed by atoms with Crippen LogP contribution in [0, 0.1) is 0 Å². The maximum absolute atomic E-state index is 11.7. The summed E-state index contributed by atoms with van der Waals surface area (Å²) in [5.41, 5.74) is 0.861. The molecule has 0 aliphatic carbocycles. The van der Waals surface area contributed by atoms with Gasteiger partial charge in [0.05, 0.1) is 7.11 Å².